The first-order chi connectivity index (χ1) is 7.37. The van der Waals surface area contributed by atoms with E-state index in [0.717, 1.165) is 31.6 Å². The van der Waals surface area contributed by atoms with Crippen molar-refractivity contribution in [2.24, 2.45) is 11.8 Å². The highest BCUT2D eigenvalue weighted by Gasteiger charge is 2.16. The van der Waals surface area contributed by atoms with Gasteiger partial charge in [0, 0.05) is 18.8 Å². The van der Waals surface area contributed by atoms with Crippen LogP contribution in [0.1, 0.15) is 54.4 Å². The van der Waals surface area contributed by atoms with Gasteiger partial charge in [-0.2, -0.15) is 0 Å². The van der Waals surface area contributed by atoms with E-state index in [1.165, 1.54) is 12.8 Å². The molecule has 0 aliphatic heterocycles. The Labute approximate surface area is 102 Å². The highest BCUT2D eigenvalue weighted by molar-refractivity contribution is 4.74. The summed E-state index contributed by atoms with van der Waals surface area (Å²) in [5.74, 6) is 1.51. The Kier molecular flexibility index (Phi) is 8.04. The molecule has 0 spiro atoms. The van der Waals surface area contributed by atoms with Crippen LogP contribution in [0.5, 0.6) is 0 Å². The summed E-state index contributed by atoms with van der Waals surface area (Å²) in [5, 5.41) is 3.60. The van der Waals surface area contributed by atoms with Crippen molar-refractivity contribution in [1.82, 2.24) is 5.32 Å². The molecule has 1 unspecified atom stereocenters. The molecule has 16 heavy (non-hydrogen) atoms. The number of hydrogen-bond donors (Lipinski definition) is 1. The number of hydrogen-bond acceptors (Lipinski definition) is 2. The minimum absolute atomic E-state index is 0.229. The van der Waals surface area contributed by atoms with Crippen LogP contribution < -0.4 is 5.32 Å². The second-order valence-corrected chi connectivity index (χ2v) is 5.97. The molecule has 2 heteroatoms. The van der Waals surface area contributed by atoms with Gasteiger partial charge in [-0.25, -0.2) is 0 Å². The van der Waals surface area contributed by atoms with Crippen LogP contribution in [0.25, 0.3) is 0 Å². The summed E-state index contributed by atoms with van der Waals surface area (Å²) in [6.45, 7) is 16.2. The summed E-state index contributed by atoms with van der Waals surface area (Å²) in [4.78, 5) is 0. The molecule has 0 bridgehead atoms. The van der Waals surface area contributed by atoms with Gasteiger partial charge in [0.1, 0.15) is 0 Å². The van der Waals surface area contributed by atoms with Crippen LogP contribution in [0.3, 0.4) is 0 Å². The number of ether oxygens (including phenoxy) is 1. The second kappa shape index (κ2) is 8.08. The van der Waals surface area contributed by atoms with Crippen LogP contribution >= 0.6 is 0 Å². The quantitative estimate of drug-likeness (QED) is 0.644. The van der Waals surface area contributed by atoms with E-state index in [4.69, 9.17) is 4.74 Å². The van der Waals surface area contributed by atoms with Gasteiger partial charge in [-0.05, 0) is 58.9 Å². The predicted molar refractivity (Wildman–Crippen MR) is 71.8 cm³/mol. The van der Waals surface area contributed by atoms with Crippen molar-refractivity contribution >= 4 is 0 Å². The maximum Gasteiger partial charge on any atom is 0.0466 e. The Morgan fingerprint density at radius 1 is 1.19 bits per heavy atom. The molecular formula is C14H31NO. The molecule has 2 nitrogen and oxygen atoms in total. The minimum atomic E-state index is 0.229. The van der Waals surface area contributed by atoms with Crippen molar-refractivity contribution in [2.45, 2.75) is 59.9 Å². The molecule has 0 saturated carbocycles. The van der Waals surface area contributed by atoms with Gasteiger partial charge in [0.2, 0.25) is 0 Å². The molecule has 0 aromatic rings. The van der Waals surface area contributed by atoms with Crippen molar-refractivity contribution in [2.75, 3.05) is 19.8 Å². The highest BCUT2D eigenvalue weighted by atomic mass is 16.5. The number of nitrogens with one attached hydrogen (secondary N) is 1. The largest absolute Gasteiger partial charge is 0.382 e. The van der Waals surface area contributed by atoms with E-state index in [2.05, 4.69) is 46.9 Å². The van der Waals surface area contributed by atoms with Crippen LogP contribution in [0.2, 0.25) is 0 Å². The number of rotatable bonds is 8. The smallest absolute Gasteiger partial charge is 0.0466 e. The van der Waals surface area contributed by atoms with Gasteiger partial charge in [0.05, 0.1) is 0 Å². The monoisotopic (exact) mass is 229 g/mol. The van der Waals surface area contributed by atoms with Gasteiger partial charge in [-0.1, -0.05) is 13.8 Å². The third kappa shape index (κ3) is 9.17. The summed E-state index contributed by atoms with van der Waals surface area (Å²) < 4.78 is 5.39. The van der Waals surface area contributed by atoms with Gasteiger partial charge in [-0.15, -0.1) is 0 Å². The fraction of sp³-hybridized carbons (Fsp3) is 1.00. The van der Waals surface area contributed by atoms with E-state index < -0.39 is 0 Å². The summed E-state index contributed by atoms with van der Waals surface area (Å²) >= 11 is 0. The first-order valence-corrected chi connectivity index (χ1v) is 6.69. The van der Waals surface area contributed by atoms with Crippen LogP contribution in [-0.2, 0) is 4.74 Å². The fourth-order valence-electron chi connectivity index (χ4n) is 1.70. The average Bonchev–Trinajstić information content (AvgIpc) is 2.14. The van der Waals surface area contributed by atoms with Crippen molar-refractivity contribution in [1.29, 1.82) is 0 Å². The topological polar surface area (TPSA) is 21.3 Å². The molecule has 1 N–H and O–H groups in total. The van der Waals surface area contributed by atoms with Gasteiger partial charge >= 0.3 is 0 Å². The molecule has 0 aliphatic rings. The van der Waals surface area contributed by atoms with Gasteiger partial charge in [0.25, 0.3) is 0 Å². The Balaban J connectivity index is 3.80. The van der Waals surface area contributed by atoms with Gasteiger partial charge in [0.15, 0.2) is 0 Å². The molecule has 0 amide bonds. The Hall–Kier alpha value is -0.0800. The molecule has 0 aromatic carbocycles. The predicted octanol–water partition coefficient (Wildman–Crippen LogP) is 3.46. The molecule has 0 rings (SSSR count). The molecule has 0 aliphatic carbocycles. The van der Waals surface area contributed by atoms with Gasteiger partial charge in [-0.3, -0.25) is 0 Å². The zero-order chi connectivity index (χ0) is 12.6. The molecular weight excluding hydrogens is 198 g/mol. The van der Waals surface area contributed by atoms with Crippen LogP contribution in [0, 0.1) is 11.8 Å². The molecule has 0 saturated heterocycles. The zero-order valence-corrected chi connectivity index (χ0v) is 12.1. The van der Waals surface area contributed by atoms with Crippen molar-refractivity contribution < 1.29 is 4.74 Å². The lowest BCUT2D eigenvalue weighted by atomic mass is 9.90. The first kappa shape index (κ1) is 15.9. The van der Waals surface area contributed by atoms with Crippen molar-refractivity contribution in [3.63, 3.8) is 0 Å². The summed E-state index contributed by atoms with van der Waals surface area (Å²) in [7, 11) is 0. The highest BCUT2D eigenvalue weighted by Crippen LogP contribution is 2.17. The molecule has 0 fully saturated rings. The first-order valence-electron chi connectivity index (χ1n) is 6.69. The molecule has 0 aromatic heterocycles. The van der Waals surface area contributed by atoms with Crippen LogP contribution in [-0.4, -0.2) is 25.3 Å². The Bertz CT molecular complexity index is 161. The lowest BCUT2D eigenvalue weighted by Crippen LogP contribution is -2.40. The fourth-order valence-corrected chi connectivity index (χ4v) is 1.70. The third-order valence-electron chi connectivity index (χ3n) is 2.91. The van der Waals surface area contributed by atoms with E-state index in [9.17, 15) is 0 Å². The van der Waals surface area contributed by atoms with Crippen LogP contribution in [0.4, 0.5) is 0 Å². The lowest BCUT2D eigenvalue weighted by molar-refractivity contribution is 0.135. The minimum Gasteiger partial charge on any atom is -0.382 e. The standard InChI is InChI=1S/C14H31NO/c1-7-16-10-8-9-13(12(2)3)11-15-14(4,5)6/h12-13,15H,7-11H2,1-6H3. The van der Waals surface area contributed by atoms with E-state index in [1.54, 1.807) is 0 Å². The van der Waals surface area contributed by atoms with E-state index in [-0.39, 0.29) is 5.54 Å². The zero-order valence-electron chi connectivity index (χ0n) is 12.1. The molecule has 0 radical (unpaired) electrons. The molecule has 98 valence electrons. The van der Waals surface area contributed by atoms with E-state index >= 15 is 0 Å². The maximum absolute atomic E-state index is 5.39. The van der Waals surface area contributed by atoms with E-state index in [1.807, 2.05) is 0 Å². The normalized spacial score (nSPS) is 14.4. The second-order valence-electron chi connectivity index (χ2n) is 5.97. The Morgan fingerprint density at radius 3 is 2.25 bits per heavy atom. The summed E-state index contributed by atoms with van der Waals surface area (Å²) in [6, 6.07) is 0. The molecule has 1 atom stereocenters. The van der Waals surface area contributed by atoms with Crippen molar-refractivity contribution in [3.8, 4) is 0 Å². The van der Waals surface area contributed by atoms with Crippen LogP contribution in [0.15, 0.2) is 0 Å². The molecule has 0 heterocycles. The van der Waals surface area contributed by atoms with E-state index in [0.29, 0.717) is 0 Å². The Morgan fingerprint density at radius 2 is 1.81 bits per heavy atom. The van der Waals surface area contributed by atoms with Gasteiger partial charge < -0.3 is 10.1 Å². The summed E-state index contributed by atoms with van der Waals surface area (Å²) in [5.41, 5.74) is 0.229. The maximum atomic E-state index is 5.39. The summed E-state index contributed by atoms with van der Waals surface area (Å²) in [6.07, 6.45) is 2.45. The third-order valence-corrected chi connectivity index (χ3v) is 2.91. The lowest BCUT2D eigenvalue weighted by Gasteiger charge is -2.27. The average molecular weight is 229 g/mol. The SMILES string of the molecule is CCOCCCC(CNC(C)(C)C)C(C)C. The van der Waals surface area contributed by atoms with Crippen molar-refractivity contribution in [3.05, 3.63) is 0 Å².